The minimum Gasteiger partial charge on any atom is -0.434 e. The number of aryl methyl sites for hydroxylation is 1. The average molecular weight is 337 g/mol. The Labute approximate surface area is 126 Å². The largest absolute Gasteiger partial charge is 0.434 e. The van der Waals surface area contributed by atoms with Gasteiger partial charge in [0, 0.05) is 22.4 Å². The van der Waals surface area contributed by atoms with Crippen LogP contribution in [0.4, 0.5) is 0 Å². The molecule has 0 spiro atoms. The van der Waals surface area contributed by atoms with E-state index in [1.807, 2.05) is 45.9 Å². The Morgan fingerprint density at radius 2 is 2.00 bits per heavy atom. The molecular weight excluding hydrogens is 320 g/mol. The van der Waals surface area contributed by atoms with Crippen LogP contribution in [0.2, 0.25) is 0 Å². The topological polar surface area (TPSA) is 44.1 Å². The van der Waals surface area contributed by atoms with Gasteiger partial charge in [-0.1, -0.05) is 15.9 Å². The van der Waals surface area contributed by atoms with Gasteiger partial charge in [-0.05, 0) is 51.5 Å². The van der Waals surface area contributed by atoms with E-state index in [9.17, 15) is 4.79 Å². The number of halogens is 1. The third-order valence-corrected chi connectivity index (χ3v) is 3.37. The first-order valence-electron chi connectivity index (χ1n) is 6.31. The van der Waals surface area contributed by atoms with Crippen LogP contribution in [0, 0.1) is 6.92 Å². The van der Waals surface area contributed by atoms with E-state index in [4.69, 9.17) is 4.74 Å². The molecule has 1 aromatic carbocycles. The Kier molecular flexibility index (Phi) is 3.99. The third-order valence-electron chi connectivity index (χ3n) is 2.88. The monoisotopic (exact) mass is 336 g/mol. The number of benzene rings is 1. The fraction of sp³-hybridized carbons (Fsp3) is 0.333. The molecule has 4 nitrogen and oxygen atoms in total. The molecule has 2 aromatic rings. The van der Waals surface area contributed by atoms with Crippen molar-refractivity contribution in [1.29, 1.82) is 0 Å². The van der Waals surface area contributed by atoms with Gasteiger partial charge in [0.05, 0.1) is 0 Å². The van der Waals surface area contributed by atoms with Crippen molar-refractivity contribution in [1.82, 2.24) is 9.55 Å². The van der Waals surface area contributed by atoms with E-state index in [1.165, 1.54) is 0 Å². The van der Waals surface area contributed by atoms with Crippen molar-refractivity contribution in [3.63, 3.8) is 0 Å². The summed E-state index contributed by atoms with van der Waals surface area (Å²) in [6, 6.07) is 5.61. The second-order valence-electron chi connectivity index (χ2n) is 5.59. The van der Waals surface area contributed by atoms with E-state index in [-0.39, 0.29) is 17.0 Å². The molecule has 2 rings (SSSR count). The number of rotatable bonds is 2. The fourth-order valence-electron chi connectivity index (χ4n) is 1.82. The molecule has 5 heteroatoms. The molecule has 0 unspecified atom stereocenters. The number of hydrogen-bond donors (Lipinski definition) is 0. The van der Waals surface area contributed by atoms with Crippen LogP contribution in [0.5, 0.6) is 11.6 Å². The lowest BCUT2D eigenvalue weighted by atomic mass is 10.1. The molecule has 0 saturated heterocycles. The summed E-state index contributed by atoms with van der Waals surface area (Å²) in [6.07, 6.45) is 3.25. The van der Waals surface area contributed by atoms with E-state index < -0.39 is 0 Å². The smallest absolute Gasteiger partial charge is 0.314 e. The first-order valence-corrected chi connectivity index (χ1v) is 7.10. The van der Waals surface area contributed by atoms with E-state index >= 15 is 0 Å². The van der Waals surface area contributed by atoms with Gasteiger partial charge >= 0.3 is 5.56 Å². The van der Waals surface area contributed by atoms with Crippen LogP contribution in [0.1, 0.15) is 26.3 Å². The second kappa shape index (κ2) is 5.40. The van der Waals surface area contributed by atoms with Gasteiger partial charge < -0.3 is 9.30 Å². The van der Waals surface area contributed by atoms with Gasteiger partial charge in [0.2, 0.25) is 0 Å². The number of hydrogen-bond acceptors (Lipinski definition) is 3. The molecule has 1 aromatic heterocycles. The van der Waals surface area contributed by atoms with Crippen molar-refractivity contribution in [3.8, 4) is 11.6 Å². The third kappa shape index (κ3) is 3.10. The van der Waals surface area contributed by atoms with Crippen LogP contribution in [0.3, 0.4) is 0 Å². The van der Waals surface area contributed by atoms with E-state index in [0.29, 0.717) is 5.75 Å². The zero-order chi connectivity index (χ0) is 14.9. The summed E-state index contributed by atoms with van der Waals surface area (Å²) in [4.78, 5) is 16.4. The first kappa shape index (κ1) is 14.8. The predicted molar refractivity (Wildman–Crippen MR) is 82.4 cm³/mol. The highest BCUT2D eigenvalue weighted by molar-refractivity contribution is 9.10. The van der Waals surface area contributed by atoms with Crippen LogP contribution in [-0.2, 0) is 5.54 Å². The van der Waals surface area contributed by atoms with Crippen molar-refractivity contribution in [2.75, 3.05) is 0 Å². The molecule has 106 valence electrons. The highest BCUT2D eigenvalue weighted by Crippen LogP contribution is 2.25. The van der Waals surface area contributed by atoms with E-state index in [2.05, 4.69) is 20.9 Å². The maximum absolute atomic E-state index is 12.4. The quantitative estimate of drug-likeness (QED) is 0.836. The number of nitrogens with zero attached hydrogens (tertiary/aromatic N) is 2. The number of aromatic nitrogens is 2. The van der Waals surface area contributed by atoms with Crippen LogP contribution in [0.15, 0.2) is 39.9 Å². The van der Waals surface area contributed by atoms with Crippen LogP contribution < -0.4 is 10.3 Å². The highest BCUT2D eigenvalue weighted by atomic mass is 79.9. The van der Waals surface area contributed by atoms with Crippen molar-refractivity contribution in [3.05, 3.63) is 51.0 Å². The molecule has 0 saturated carbocycles. The van der Waals surface area contributed by atoms with Crippen molar-refractivity contribution in [2.45, 2.75) is 33.2 Å². The second-order valence-corrected chi connectivity index (χ2v) is 6.51. The fourth-order valence-corrected chi connectivity index (χ4v) is 2.30. The van der Waals surface area contributed by atoms with Gasteiger partial charge in [0.1, 0.15) is 5.75 Å². The SMILES string of the molecule is Cc1cc(Br)ccc1Oc1nccn(C(C)(C)C)c1=O. The van der Waals surface area contributed by atoms with Crippen molar-refractivity contribution < 1.29 is 4.74 Å². The maximum Gasteiger partial charge on any atom is 0.314 e. The summed E-state index contributed by atoms with van der Waals surface area (Å²) in [5, 5.41) is 0. The zero-order valence-corrected chi connectivity index (χ0v) is 13.6. The van der Waals surface area contributed by atoms with Gasteiger partial charge in [0.15, 0.2) is 0 Å². The van der Waals surface area contributed by atoms with Gasteiger partial charge in [-0.3, -0.25) is 4.79 Å². The van der Waals surface area contributed by atoms with E-state index in [0.717, 1.165) is 10.0 Å². The highest BCUT2D eigenvalue weighted by Gasteiger charge is 2.18. The number of ether oxygens (including phenoxy) is 1. The lowest BCUT2D eigenvalue weighted by molar-refractivity contribution is 0.362. The Hall–Kier alpha value is -1.62. The molecule has 0 aliphatic heterocycles. The maximum atomic E-state index is 12.4. The van der Waals surface area contributed by atoms with Gasteiger partial charge in [-0.2, -0.15) is 0 Å². The van der Waals surface area contributed by atoms with Crippen molar-refractivity contribution in [2.24, 2.45) is 0 Å². The first-order chi connectivity index (χ1) is 9.29. The van der Waals surface area contributed by atoms with Crippen molar-refractivity contribution >= 4 is 15.9 Å². The molecule has 0 amide bonds. The Bertz CT molecular complexity index is 687. The molecule has 0 fully saturated rings. The molecule has 20 heavy (non-hydrogen) atoms. The minimum atomic E-state index is -0.313. The molecular formula is C15H17BrN2O2. The lowest BCUT2D eigenvalue weighted by Crippen LogP contribution is -2.34. The molecule has 0 N–H and O–H groups in total. The van der Waals surface area contributed by atoms with Gasteiger partial charge in [-0.15, -0.1) is 0 Å². The normalized spacial score (nSPS) is 11.4. The van der Waals surface area contributed by atoms with Gasteiger partial charge in [0.25, 0.3) is 5.88 Å². The Morgan fingerprint density at radius 3 is 2.60 bits per heavy atom. The van der Waals surface area contributed by atoms with E-state index in [1.54, 1.807) is 17.0 Å². The Balaban J connectivity index is 2.42. The molecule has 0 radical (unpaired) electrons. The zero-order valence-electron chi connectivity index (χ0n) is 12.0. The summed E-state index contributed by atoms with van der Waals surface area (Å²) in [5.41, 5.74) is 0.390. The van der Waals surface area contributed by atoms with Crippen LogP contribution in [0.25, 0.3) is 0 Å². The molecule has 0 aliphatic rings. The average Bonchev–Trinajstić information content (AvgIpc) is 2.33. The lowest BCUT2D eigenvalue weighted by Gasteiger charge is -2.22. The molecule has 0 atom stereocenters. The molecule has 1 heterocycles. The minimum absolute atomic E-state index is 0.0906. The standard InChI is InChI=1S/C15H17BrN2O2/c1-10-9-11(16)5-6-12(10)20-13-14(19)18(8-7-17-13)15(2,3)4/h5-9H,1-4H3. The summed E-state index contributed by atoms with van der Waals surface area (Å²) in [7, 11) is 0. The summed E-state index contributed by atoms with van der Waals surface area (Å²) < 4.78 is 8.25. The Morgan fingerprint density at radius 1 is 1.30 bits per heavy atom. The predicted octanol–water partition coefficient (Wildman–Crippen LogP) is 3.86. The summed E-state index contributed by atoms with van der Waals surface area (Å²) >= 11 is 3.40. The van der Waals surface area contributed by atoms with Crippen LogP contribution in [-0.4, -0.2) is 9.55 Å². The van der Waals surface area contributed by atoms with Gasteiger partial charge in [-0.25, -0.2) is 4.98 Å². The molecule has 0 bridgehead atoms. The van der Waals surface area contributed by atoms with Crippen LogP contribution >= 0.6 is 15.9 Å². The summed E-state index contributed by atoms with van der Waals surface area (Å²) in [5.74, 6) is 0.720. The molecule has 0 aliphatic carbocycles. The summed E-state index contributed by atoms with van der Waals surface area (Å²) in [6.45, 7) is 7.81.